The van der Waals surface area contributed by atoms with E-state index < -0.39 is 21.3 Å². The van der Waals surface area contributed by atoms with E-state index in [1.165, 1.54) is 4.31 Å². The molecule has 1 aliphatic rings. The topological polar surface area (TPSA) is 63.7 Å². The molecule has 0 fully saturated rings. The zero-order valence-corrected chi connectivity index (χ0v) is 18.2. The molecule has 0 aliphatic carbocycles. The number of ether oxygens (including phenoxy) is 1. The van der Waals surface area contributed by atoms with Gasteiger partial charge in [0.05, 0.1) is 29.0 Å². The maximum atomic E-state index is 13.8. The predicted molar refractivity (Wildman–Crippen MR) is 120 cm³/mol. The van der Waals surface area contributed by atoms with E-state index in [0.29, 0.717) is 22.6 Å². The van der Waals surface area contributed by atoms with E-state index in [0.717, 1.165) is 5.56 Å². The first kappa shape index (κ1) is 20.5. The number of sulfonamides is 1. The maximum absolute atomic E-state index is 13.8. The van der Waals surface area contributed by atoms with Crippen LogP contribution in [0.15, 0.2) is 77.7 Å². The van der Waals surface area contributed by atoms with Crippen molar-refractivity contribution in [3.63, 3.8) is 0 Å². The van der Waals surface area contributed by atoms with Crippen LogP contribution in [0.25, 0.3) is 0 Å². The number of hydrogen-bond acceptors (Lipinski definition) is 5. The van der Waals surface area contributed by atoms with Crippen LogP contribution in [0.2, 0.25) is 0 Å². The number of aryl methyl sites for hydroxylation is 1. The van der Waals surface area contributed by atoms with Gasteiger partial charge in [0, 0.05) is 5.56 Å². The van der Waals surface area contributed by atoms with E-state index in [1.807, 2.05) is 6.92 Å². The molecular weight excluding hydrogens is 418 g/mol. The normalized spacial score (nSPS) is 18.8. The lowest BCUT2D eigenvalue weighted by atomic mass is 9.91. The summed E-state index contributed by atoms with van der Waals surface area (Å²) in [7, 11) is -2.40. The van der Waals surface area contributed by atoms with Gasteiger partial charge in [0.2, 0.25) is 0 Å². The van der Waals surface area contributed by atoms with Crippen molar-refractivity contribution in [2.24, 2.45) is 0 Å². The minimum atomic E-state index is -3.96. The molecule has 0 saturated carbocycles. The Kier molecular flexibility index (Phi) is 5.34. The van der Waals surface area contributed by atoms with Gasteiger partial charge in [-0.1, -0.05) is 42.0 Å². The fourth-order valence-electron chi connectivity index (χ4n) is 3.68. The molecule has 0 saturated heterocycles. The molecule has 3 aromatic rings. The lowest BCUT2D eigenvalue weighted by Gasteiger charge is -2.40. The van der Waals surface area contributed by atoms with Gasteiger partial charge in [0.1, 0.15) is 5.75 Å². The highest BCUT2D eigenvalue weighted by atomic mass is 32.2. The van der Waals surface area contributed by atoms with Crippen LogP contribution in [-0.2, 0) is 10.0 Å². The zero-order valence-electron chi connectivity index (χ0n) is 16.5. The van der Waals surface area contributed by atoms with Crippen molar-refractivity contribution in [2.75, 3.05) is 11.4 Å². The van der Waals surface area contributed by atoms with Crippen molar-refractivity contribution in [1.82, 2.24) is 0 Å². The summed E-state index contributed by atoms with van der Waals surface area (Å²) in [5, 5.41) is -0.853. The number of hydrogen-bond donors (Lipinski definition) is 1. The van der Waals surface area contributed by atoms with Crippen molar-refractivity contribution in [3.05, 3.63) is 89.5 Å². The quantitative estimate of drug-likeness (QED) is 0.611. The summed E-state index contributed by atoms with van der Waals surface area (Å²) < 4.78 is 34.1. The number of nitrogens with zero attached hydrogens (tertiary/aromatic N) is 1. The molecule has 0 N–H and O–H groups in total. The molecule has 5 nitrogen and oxygen atoms in total. The number of rotatable bonds is 4. The Morgan fingerprint density at radius 1 is 0.933 bits per heavy atom. The number of Topliss-reactive ketones (excluding diaryl/α,β-unsaturated/α-hetero) is 1. The first-order valence-electron chi connectivity index (χ1n) is 9.41. The number of carbonyl (C=O) groups excluding carboxylic acids is 1. The molecular formula is C23H21NO4S2. The van der Waals surface area contributed by atoms with E-state index in [1.54, 1.807) is 79.9 Å². The highest BCUT2D eigenvalue weighted by molar-refractivity contribution is 7.93. The minimum absolute atomic E-state index is 0.163. The Morgan fingerprint density at radius 2 is 1.57 bits per heavy atom. The summed E-state index contributed by atoms with van der Waals surface area (Å²) in [4.78, 5) is 13.2. The SMILES string of the molecule is COc1ccc(C2C(S)C(=O)c3ccccc3N2S(=O)(=O)c2ccc(C)cc2)cc1. The number of thiol groups is 1. The molecule has 0 spiro atoms. The van der Waals surface area contributed by atoms with E-state index in [-0.39, 0.29) is 10.7 Å². The first-order valence-corrected chi connectivity index (χ1v) is 11.4. The van der Waals surface area contributed by atoms with Gasteiger partial charge in [-0.3, -0.25) is 9.10 Å². The summed E-state index contributed by atoms with van der Waals surface area (Å²) in [6.07, 6.45) is 0. The summed E-state index contributed by atoms with van der Waals surface area (Å²) in [6, 6.07) is 19.7. The summed E-state index contributed by atoms with van der Waals surface area (Å²) in [6.45, 7) is 1.90. The molecule has 0 amide bonds. The van der Waals surface area contributed by atoms with Gasteiger partial charge in [-0.05, 0) is 48.9 Å². The molecule has 1 aliphatic heterocycles. The molecule has 2 atom stereocenters. The highest BCUT2D eigenvalue weighted by Crippen LogP contribution is 2.44. The summed E-state index contributed by atoms with van der Waals surface area (Å²) in [5.41, 5.74) is 2.32. The van der Waals surface area contributed by atoms with Crippen molar-refractivity contribution in [1.29, 1.82) is 0 Å². The van der Waals surface area contributed by atoms with Crippen LogP contribution in [0.4, 0.5) is 5.69 Å². The molecule has 4 rings (SSSR count). The van der Waals surface area contributed by atoms with Crippen molar-refractivity contribution in [2.45, 2.75) is 23.1 Å². The molecule has 2 unspecified atom stereocenters. The third kappa shape index (κ3) is 3.38. The van der Waals surface area contributed by atoms with E-state index in [9.17, 15) is 13.2 Å². The average Bonchev–Trinajstić information content (AvgIpc) is 2.76. The van der Waals surface area contributed by atoms with Gasteiger partial charge in [-0.15, -0.1) is 0 Å². The van der Waals surface area contributed by atoms with Crippen LogP contribution < -0.4 is 9.04 Å². The summed E-state index contributed by atoms with van der Waals surface area (Å²) >= 11 is 4.57. The Labute approximate surface area is 181 Å². The third-order valence-electron chi connectivity index (χ3n) is 5.26. The van der Waals surface area contributed by atoms with Crippen molar-refractivity contribution < 1.29 is 17.9 Å². The van der Waals surface area contributed by atoms with E-state index in [4.69, 9.17) is 4.74 Å². The van der Waals surface area contributed by atoms with Crippen LogP contribution >= 0.6 is 12.6 Å². The van der Waals surface area contributed by atoms with Crippen LogP contribution in [0.3, 0.4) is 0 Å². The lowest BCUT2D eigenvalue weighted by Crippen LogP contribution is -2.46. The number of methoxy groups -OCH3 is 1. The number of carbonyl (C=O) groups is 1. The molecule has 7 heteroatoms. The average molecular weight is 440 g/mol. The first-order chi connectivity index (χ1) is 14.3. The predicted octanol–water partition coefficient (Wildman–Crippen LogP) is 4.43. The van der Waals surface area contributed by atoms with Crippen LogP contribution in [0.5, 0.6) is 5.75 Å². The zero-order chi connectivity index (χ0) is 21.5. The Bertz CT molecular complexity index is 1190. The smallest absolute Gasteiger partial charge is 0.264 e. The monoisotopic (exact) mass is 439 g/mol. The molecule has 154 valence electrons. The second-order valence-corrected chi connectivity index (χ2v) is 9.53. The molecule has 3 aromatic carbocycles. The van der Waals surface area contributed by atoms with E-state index >= 15 is 0 Å². The van der Waals surface area contributed by atoms with Crippen LogP contribution in [0.1, 0.15) is 27.5 Å². The van der Waals surface area contributed by atoms with Crippen LogP contribution in [0, 0.1) is 6.92 Å². The van der Waals surface area contributed by atoms with Gasteiger partial charge in [0.25, 0.3) is 10.0 Å². The Hall–Kier alpha value is -2.77. The Balaban J connectivity index is 1.94. The van der Waals surface area contributed by atoms with Crippen molar-refractivity contribution in [3.8, 4) is 5.75 Å². The minimum Gasteiger partial charge on any atom is -0.497 e. The standard InChI is InChI=1S/C23H21NO4S2/c1-15-7-13-18(14-8-15)30(26,27)24-20-6-4-3-5-19(20)22(25)23(29)21(24)16-9-11-17(28-2)12-10-16/h3-14,21,23,29H,1-2H3. The number of ketones is 1. The number of anilines is 1. The van der Waals surface area contributed by atoms with Gasteiger partial charge < -0.3 is 4.74 Å². The van der Waals surface area contributed by atoms with Gasteiger partial charge in [-0.2, -0.15) is 12.6 Å². The second kappa shape index (κ2) is 7.81. The fraction of sp³-hybridized carbons (Fsp3) is 0.174. The number of benzene rings is 3. The number of para-hydroxylation sites is 1. The third-order valence-corrected chi connectivity index (χ3v) is 7.59. The van der Waals surface area contributed by atoms with Gasteiger partial charge in [-0.25, -0.2) is 8.42 Å². The second-order valence-electron chi connectivity index (χ2n) is 7.16. The highest BCUT2D eigenvalue weighted by Gasteiger charge is 2.45. The van der Waals surface area contributed by atoms with E-state index in [2.05, 4.69) is 12.6 Å². The summed E-state index contributed by atoms with van der Waals surface area (Å²) in [5.74, 6) is 0.440. The van der Waals surface area contributed by atoms with Gasteiger partial charge in [0.15, 0.2) is 5.78 Å². The molecule has 0 radical (unpaired) electrons. The molecule has 1 heterocycles. The largest absolute Gasteiger partial charge is 0.497 e. The van der Waals surface area contributed by atoms with Gasteiger partial charge >= 0.3 is 0 Å². The van der Waals surface area contributed by atoms with Crippen molar-refractivity contribution >= 4 is 34.1 Å². The molecule has 30 heavy (non-hydrogen) atoms. The number of fused-ring (bicyclic) bond motifs is 1. The Morgan fingerprint density at radius 3 is 2.20 bits per heavy atom. The van der Waals surface area contributed by atoms with Crippen LogP contribution in [-0.4, -0.2) is 26.6 Å². The maximum Gasteiger partial charge on any atom is 0.264 e. The molecule has 0 bridgehead atoms. The lowest BCUT2D eigenvalue weighted by molar-refractivity contribution is 0.0977. The fourth-order valence-corrected chi connectivity index (χ4v) is 5.88. The molecule has 0 aromatic heterocycles.